The fourth-order valence-electron chi connectivity index (χ4n) is 1.28. The summed E-state index contributed by atoms with van der Waals surface area (Å²) in [5.41, 5.74) is -1.21. The van der Waals surface area contributed by atoms with E-state index >= 15 is 0 Å². The molecule has 0 spiro atoms. The summed E-state index contributed by atoms with van der Waals surface area (Å²) in [6.45, 7) is 0. The number of aromatic nitrogens is 4. The molecule has 0 bridgehead atoms. The van der Waals surface area contributed by atoms with Crippen LogP contribution < -0.4 is 4.74 Å². The van der Waals surface area contributed by atoms with Gasteiger partial charge in [-0.1, -0.05) is 0 Å². The zero-order chi connectivity index (χ0) is 15.8. The third kappa shape index (κ3) is 3.83. The molecule has 0 radical (unpaired) electrons. The Balaban J connectivity index is 2.37. The molecule has 12 heteroatoms. The van der Waals surface area contributed by atoms with Crippen molar-refractivity contribution in [2.45, 2.75) is 12.5 Å². The number of hydrogen-bond acceptors (Lipinski definition) is 4. The summed E-state index contributed by atoms with van der Waals surface area (Å²) in [5.74, 6) is -1.80. The first-order valence-electron chi connectivity index (χ1n) is 4.98. The molecule has 0 saturated heterocycles. The van der Waals surface area contributed by atoms with Crippen molar-refractivity contribution in [1.29, 1.82) is 0 Å². The van der Waals surface area contributed by atoms with Gasteiger partial charge in [-0.25, -0.2) is 9.97 Å². The van der Waals surface area contributed by atoms with Gasteiger partial charge in [0.2, 0.25) is 5.88 Å². The lowest BCUT2D eigenvalue weighted by Crippen LogP contribution is -2.18. The van der Waals surface area contributed by atoms with E-state index in [9.17, 15) is 26.3 Å². The van der Waals surface area contributed by atoms with E-state index in [4.69, 9.17) is 0 Å². The van der Waals surface area contributed by atoms with Crippen LogP contribution >= 0.6 is 15.9 Å². The number of imidazole rings is 1. The van der Waals surface area contributed by atoms with Gasteiger partial charge in [0.15, 0.2) is 17.3 Å². The van der Waals surface area contributed by atoms with Crippen molar-refractivity contribution in [2.75, 3.05) is 0 Å². The fraction of sp³-hybridized carbons (Fsp3) is 0.222. The van der Waals surface area contributed by atoms with Gasteiger partial charge >= 0.3 is 12.5 Å². The minimum Gasteiger partial charge on any atom is -0.388 e. The number of nitrogens with zero attached hydrogens (tertiary/aromatic N) is 3. The quantitative estimate of drug-likeness (QED) is 0.814. The summed E-state index contributed by atoms with van der Waals surface area (Å²) in [4.78, 5) is 12.2. The predicted molar refractivity (Wildman–Crippen MR) is 59.0 cm³/mol. The summed E-state index contributed by atoms with van der Waals surface area (Å²) in [7, 11) is 0. The van der Waals surface area contributed by atoms with Crippen LogP contribution in [0.2, 0.25) is 0 Å². The number of ether oxygens (including phenoxy) is 1. The first-order chi connectivity index (χ1) is 9.56. The average molecular weight is 377 g/mol. The molecule has 2 aromatic rings. The van der Waals surface area contributed by atoms with E-state index in [0.29, 0.717) is 0 Å². The van der Waals surface area contributed by atoms with Crippen LogP contribution in [0.4, 0.5) is 26.3 Å². The number of aromatic amines is 1. The van der Waals surface area contributed by atoms with E-state index < -0.39 is 40.4 Å². The highest BCUT2D eigenvalue weighted by Gasteiger charge is 2.37. The molecule has 0 aliphatic carbocycles. The van der Waals surface area contributed by atoms with Gasteiger partial charge in [-0.15, -0.1) is 13.2 Å². The zero-order valence-electron chi connectivity index (χ0n) is 9.55. The Bertz CT molecular complexity index is 652. The Morgan fingerprint density at radius 1 is 1.10 bits per heavy atom. The summed E-state index contributed by atoms with van der Waals surface area (Å²) in [6, 6.07) is 0.805. The first-order valence-corrected chi connectivity index (χ1v) is 5.77. The lowest BCUT2D eigenvalue weighted by Gasteiger charge is -2.07. The predicted octanol–water partition coefficient (Wildman–Crippen LogP) is 3.55. The van der Waals surface area contributed by atoms with Crippen LogP contribution in [0.25, 0.3) is 11.6 Å². The van der Waals surface area contributed by atoms with Crippen LogP contribution in [0.15, 0.2) is 16.9 Å². The molecule has 0 aliphatic heterocycles. The van der Waals surface area contributed by atoms with Crippen molar-refractivity contribution < 1.29 is 31.1 Å². The Kier molecular flexibility index (Phi) is 3.82. The van der Waals surface area contributed by atoms with Gasteiger partial charge in [-0.3, -0.25) is 0 Å². The Morgan fingerprint density at radius 3 is 2.29 bits per heavy atom. The molecule has 0 fully saturated rings. The van der Waals surface area contributed by atoms with E-state index in [2.05, 4.69) is 35.6 Å². The highest BCUT2D eigenvalue weighted by Crippen LogP contribution is 2.34. The van der Waals surface area contributed by atoms with Crippen molar-refractivity contribution >= 4 is 15.9 Å². The number of nitrogens with one attached hydrogen (secondary N) is 1. The number of rotatable bonds is 2. The molecule has 0 saturated carbocycles. The van der Waals surface area contributed by atoms with Gasteiger partial charge < -0.3 is 9.72 Å². The second-order valence-electron chi connectivity index (χ2n) is 3.52. The maximum absolute atomic E-state index is 12.6. The Hall–Kier alpha value is -1.85. The van der Waals surface area contributed by atoms with Crippen molar-refractivity contribution in [1.82, 2.24) is 19.9 Å². The monoisotopic (exact) mass is 376 g/mol. The molecular weight excluding hydrogens is 374 g/mol. The molecule has 0 aliphatic rings. The molecule has 1 N–H and O–H groups in total. The van der Waals surface area contributed by atoms with Crippen LogP contribution in [0.3, 0.4) is 0 Å². The van der Waals surface area contributed by atoms with Gasteiger partial charge in [-0.05, 0) is 15.9 Å². The number of alkyl halides is 6. The van der Waals surface area contributed by atoms with Crippen LogP contribution in [0, 0.1) is 0 Å². The standard InChI is InChI=1S/C9H3BrF6N4O/c10-5-4(8(11,12)13)19-7(20-5)6-17-2-1-3(18-6)21-9(14,15)16/h1-2H,(H,19,20). The van der Waals surface area contributed by atoms with Crippen LogP contribution in [-0.4, -0.2) is 26.3 Å². The van der Waals surface area contributed by atoms with E-state index in [0.717, 1.165) is 12.3 Å². The first kappa shape index (κ1) is 15.5. The molecule has 114 valence electrons. The fourth-order valence-corrected chi connectivity index (χ4v) is 1.78. The summed E-state index contributed by atoms with van der Waals surface area (Å²) >= 11 is 2.59. The topological polar surface area (TPSA) is 63.7 Å². The minimum absolute atomic E-state index is 0.457. The molecule has 0 aromatic carbocycles. The number of H-pyrrole nitrogens is 1. The molecule has 0 unspecified atom stereocenters. The third-order valence-corrected chi connectivity index (χ3v) is 2.58. The second-order valence-corrected chi connectivity index (χ2v) is 4.27. The second kappa shape index (κ2) is 5.16. The van der Waals surface area contributed by atoms with Gasteiger partial charge in [0.25, 0.3) is 0 Å². The van der Waals surface area contributed by atoms with Crippen molar-refractivity contribution in [2.24, 2.45) is 0 Å². The van der Waals surface area contributed by atoms with Gasteiger partial charge in [0.1, 0.15) is 4.60 Å². The van der Waals surface area contributed by atoms with Crippen LogP contribution in [0.1, 0.15) is 5.69 Å². The molecule has 5 nitrogen and oxygen atoms in total. The van der Waals surface area contributed by atoms with Crippen molar-refractivity contribution in [3.63, 3.8) is 0 Å². The molecule has 0 atom stereocenters. The minimum atomic E-state index is -4.98. The van der Waals surface area contributed by atoms with Crippen LogP contribution in [-0.2, 0) is 6.18 Å². The molecule has 2 rings (SSSR count). The van der Waals surface area contributed by atoms with Gasteiger partial charge in [0.05, 0.1) is 0 Å². The lowest BCUT2D eigenvalue weighted by molar-refractivity contribution is -0.276. The highest BCUT2D eigenvalue weighted by molar-refractivity contribution is 9.10. The number of hydrogen-bond donors (Lipinski definition) is 1. The number of halogens is 7. The van der Waals surface area contributed by atoms with Crippen LogP contribution in [0.5, 0.6) is 5.88 Å². The smallest absolute Gasteiger partial charge is 0.388 e. The van der Waals surface area contributed by atoms with Gasteiger partial charge in [-0.2, -0.15) is 18.2 Å². The average Bonchev–Trinajstić information content (AvgIpc) is 2.69. The molecular formula is C9H3BrF6N4O. The van der Waals surface area contributed by atoms with E-state index in [1.807, 2.05) is 4.98 Å². The zero-order valence-corrected chi connectivity index (χ0v) is 11.1. The summed E-state index contributed by atoms with van der Waals surface area (Å²) < 4.78 is 76.8. The van der Waals surface area contributed by atoms with E-state index in [1.165, 1.54) is 0 Å². The normalized spacial score (nSPS) is 12.5. The Morgan fingerprint density at radius 2 is 1.76 bits per heavy atom. The van der Waals surface area contributed by atoms with Crippen molar-refractivity contribution in [3.8, 4) is 17.5 Å². The summed E-state index contributed by atoms with van der Waals surface area (Å²) in [5, 5.41) is 0. The molecule has 0 amide bonds. The third-order valence-electron chi connectivity index (χ3n) is 2.01. The van der Waals surface area contributed by atoms with E-state index in [-0.39, 0.29) is 0 Å². The Labute approximate surface area is 120 Å². The SMILES string of the molecule is FC(F)(F)Oc1ccnc(-c2nc(Br)c(C(F)(F)F)[nH]2)n1. The maximum atomic E-state index is 12.6. The molecule has 21 heavy (non-hydrogen) atoms. The lowest BCUT2D eigenvalue weighted by atomic mass is 10.5. The summed E-state index contributed by atoms with van der Waals surface area (Å²) in [6.07, 6.45) is -8.80. The highest BCUT2D eigenvalue weighted by atomic mass is 79.9. The van der Waals surface area contributed by atoms with Gasteiger partial charge in [0, 0.05) is 12.3 Å². The molecule has 2 heterocycles. The van der Waals surface area contributed by atoms with E-state index in [1.54, 1.807) is 0 Å². The largest absolute Gasteiger partial charge is 0.574 e. The molecule has 2 aromatic heterocycles. The van der Waals surface area contributed by atoms with Crippen molar-refractivity contribution in [3.05, 3.63) is 22.6 Å². The maximum Gasteiger partial charge on any atom is 0.574 e.